The first-order valence-electron chi connectivity index (χ1n) is 4.63. The summed E-state index contributed by atoms with van der Waals surface area (Å²) in [5.74, 6) is -0.242. The molecule has 0 bridgehead atoms. The van der Waals surface area contributed by atoms with Crippen LogP contribution in [0.25, 0.3) is 0 Å². The van der Waals surface area contributed by atoms with Crippen molar-refractivity contribution < 1.29 is 4.39 Å². The van der Waals surface area contributed by atoms with Gasteiger partial charge in [0.25, 0.3) is 0 Å². The molecule has 82 valence electrons. The molecule has 0 spiro atoms. The van der Waals surface area contributed by atoms with Gasteiger partial charge in [0, 0.05) is 20.5 Å². The van der Waals surface area contributed by atoms with Gasteiger partial charge in [-0.1, -0.05) is 23.4 Å². The molecule has 0 atom stereocenters. The van der Waals surface area contributed by atoms with Crippen molar-refractivity contribution >= 4 is 29.1 Å². The highest BCUT2D eigenvalue weighted by molar-refractivity contribution is 7.99. The molecular formula is C12H9ClFNS. The molecule has 0 saturated heterocycles. The third-order valence-corrected chi connectivity index (χ3v) is 3.35. The summed E-state index contributed by atoms with van der Waals surface area (Å²) >= 11 is 7.28. The molecule has 2 N–H and O–H groups in total. The summed E-state index contributed by atoms with van der Waals surface area (Å²) in [6, 6.07) is 11.6. The molecular weight excluding hydrogens is 245 g/mol. The van der Waals surface area contributed by atoms with Crippen molar-refractivity contribution in [3.8, 4) is 0 Å². The molecule has 0 amide bonds. The second-order valence-electron chi connectivity index (χ2n) is 3.24. The highest BCUT2D eigenvalue weighted by Gasteiger charge is 2.02. The summed E-state index contributed by atoms with van der Waals surface area (Å²) in [7, 11) is 0. The van der Waals surface area contributed by atoms with Gasteiger partial charge >= 0.3 is 0 Å². The predicted molar refractivity (Wildman–Crippen MR) is 66.4 cm³/mol. The molecule has 2 aromatic carbocycles. The molecule has 0 aliphatic carbocycles. The van der Waals surface area contributed by atoms with E-state index in [1.165, 1.54) is 23.9 Å². The number of halogens is 2. The maximum atomic E-state index is 12.7. The van der Waals surface area contributed by atoms with Crippen LogP contribution in [0.5, 0.6) is 0 Å². The van der Waals surface area contributed by atoms with Crippen LogP contribution in [0, 0.1) is 5.82 Å². The molecule has 0 fully saturated rings. The van der Waals surface area contributed by atoms with Crippen molar-refractivity contribution in [1.82, 2.24) is 0 Å². The second kappa shape index (κ2) is 4.76. The summed E-state index contributed by atoms with van der Waals surface area (Å²) in [6.45, 7) is 0. The van der Waals surface area contributed by atoms with Crippen LogP contribution in [0.4, 0.5) is 10.1 Å². The Kier molecular flexibility index (Phi) is 3.36. The molecule has 2 rings (SSSR count). The fourth-order valence-corrected chi connectivity index (χ4v) is 2.26. The molecule has 2 aromatic rings. The van der Waals surface area contributed by atoms with Crippen molar-refractivity contribution in [2.45, 2.75) is 9.79 Å². The van der Waals surface area contributed by atoms with Crippen molar-refractivity contribution in [2.75, 3.05) is 5.73 Å². The topological polar surface area (TPSA) is 26.0 Å². The van der Waals surface area contributed by atoms with E-state index in [4.69, 9.17) is 17.3 Å². The SMILES string of the molecule is Nc1cc(Cl)ccc1Sc1ccc(F)cc1. The Morgan fingerprint density at radius 1 is 1.06 bits per heavy atom. The Bertz CT molecular complexity index is 499. The van der Waals surface area contributed by atoms with Crippen LogP contribution in [-0.4, -0.2) is 0 Å². The van der Waals surface area contributed by atoms with Crippen molar-refractivity contribution in [3.05, 3.63) is 53.3 Å². The molecule has 4 heteroatoms. The average Bonchev–Trinajstić information content (AvgIpc) is 2.25. The molecule has 16 heavy (non-hydrogen) atoms. The number of hydrogen-bond acceptors (Lipinski definition) is 2. The molecule has 0 aliphatic rings. The van der Waals surface area contributed by atoms with Gasteiger partial charge in [-0.15, -0.1) is 0 Å². The lowest BCUT2D eigenvalue weighted by molar-refractivity contribution is 0.626. The third kappa shape index (κ3) is 2.68. The normalized spacial score (nSPS) is 10.4. The van der Waals surface area contributed by atoms with Crippen LogP contribution in [-0.2, 0) is 0 Å². The van der Waals surface area contributed by atoms with Gasteiger partial charge in [0.1, 0.15) is 5.82 Å². The number of rotatable bonds is 2. The van der Waals surface area contributed by atoms with Gasteiger partial charge in [-0.05, 0) is 42.5 Å². The Morgan fingerprint density at radius 2 is 1.75 bits per heavy atom. The highest BCUT2D eigenvalue weighted by Crippen LogP contribution is 2.33. The fourth-order valence-electron chi connectivity index (χ4n) is 1.24. The standard InChI is InChI=1S/C12H9ClFNS/c13-8-1-6-12(11(15)7-8)16-10-4-2-9(14)3-5-10/h1-7H,15H2. The van der Waals surface area contributed by atoms with Crippen LogP contribution in [0.15, 0.2) is 52.3 Å². The average molecular weight is 254 g/mol. The molecule has 0 aliphatic heterocycles. The molecule has 0 saturated carbocycles. The zero-order valence-corrected chi connectivity index (χ0v) is 9.86. The summed E-state index contributed by atoms with van der Waals surface area (Å²) in [6.07, 6.45) is 0. The van der Waals surface area contributed by atoms with Crippen LogP contribution in [0.3, 0.4) is 0 Å². The van der Waals surface area contributed by atoms with Crippen molar-refractivity contribution in [3.63, 3.8) is 0 Å². The number of hydrogen-bond donors (Lipinski definition) is 1. The molecule has 1 nitrogen and oxygen atoms in total. The quantitative estimate of drug-likeness (QED) is 0.812. The Labute approximate surface area is 102 Å². The molecule has 0 heterocycles. The Balaban J connectivity index is 2.23. The molecule has 0 radical (unpaired) electrons. The van der Waals surface area contributed by atoms with E-state index in [1.54, 1.807) is 24.3 Å². The van der Waals surface area contributed by atoms with Crippen molar-refractivity contribution in [2.24, 2.45) is 0 Å². The van der Waals surface area contributed by atoms with E-state index in [0.717, 1.165) is 9.79 Å². The smallest absolute Gasteiger partial charge is 0.123 e. The van der Waals surface area contributed by atoms with Gasteiger partial charge < -0.3 is 5.73 Å². The fraction of sp³-hybridized carbons (Fsp3) is 0. The van der Waals surface area contributed by atoms with Gasteiger partial charge in [-0.25, -0.2) is 4.39 Å². The minimum absolute atomic E-state index is 0.242. The zero-order chi connectivity index (χ0) is 11.5. The third-order valence-electron chi connectivity index (χ3n) is 2.01. The Morgan fingerprint density at radius 3 is 2.38 bits per heavy atom. The van der Waals surface area contributed by atoms with Crippen LogP contribution in [0.2, 0.25) is 5.02 Å². The molecule has 0 unspecified atom stereocenters. The highest BCUT2D eigenvalue weighted by atomic mass is 35.5. The second-order valence-corrected chi connectivity index (χ2v) is 4.79. The largest absolute Gasteiger partial charge is 0.398 e. The molecule has 0 aromatic heterocycles. The van der Waals surface area contributed by atoms with Crippen LogP contribution in [0.1, 0.15) is 0 Å². The van der Waals surface area contributed by atoms with E-state index in [1.807, 2.05) is 6.07 Å². The van der Waals surface area contributed by atoms with Gasteiger partial charge in [-0.3, -0.25) is 0 Å². The zero-order valence-electron chi connectivity index (χ0n) is 8.28. The Hall–Kier alpha value is -1.19. The van der Waals surface area contributed by atoms with Gasteiger partial charge in [0.2, 0.25) is 0 Å². The summed E-state index contributed by atoms with van der Waals surface area (Å²) in [5.41, 5.74) is 6.45. The lowest BCUT2D eigenvalue weighted by Crippen LogP contribution is -1.87. The van der Waals surface area contributed by atoms with Gasteiger partial charge in [-0.2, -0.15) is 0 Å². The summed E-state index contributed by atoms with van der Waals surface area (Å²) < 4.78 is 12.7. The van der Waals surface area contributed by atoms with E-state index in [2.05, 4.69) is 0 Å². The number of nitrogens with two attached hydrogens (primary N) is 1. The first kappa shape index (κ1) is 11.3. The van der Waals surface area contributed by atoms with Crippen molar-refractivity contribution in [1.29, 1.82) is 0 Å². The number of nitrogen functional groups attached to an aromatic ring is 1. The van der Waals surface area contributed by atoms with Gasteiger partial charge in [0.05, 0.1) is 0 Å². The summed E-state index contributed by atoms with van der Waals surface area (Å²) in [4.78, 5) is 1.85. The maximum absolute atomic E-state index is 12.7. The van der Waals surface area contributed by atoms with E-state index < -0.39 is 0 Å². The number of anilines is 1. The van der Waals surface area contributed by atoms with Gasteiger partial charge in [0.15, 0.2) is 0 Å². The van der Waals surface area contributed by atoms with E-state index in [-0.39, 0.29) is 5.82 Å². The van der Waals surface area contributed by atoms with Crippen LogP contribution < -0.4 is 5.73 Å². The lowest BCUT2D eigenvalue weighted by atomic mass is 10.3. The van der Waals surface area contributed by atoms with E-state index >= 15 is 0 Å². The number of benzene rings is 2. The maximum Gasteiger partial charge on any atom is 0.123 e. The monoisotopic (exact) mass is 253 g/mol. The predicted octanol–water partition coefficient (Wildman–Crippen LogP) is 4.21. The van der Waals surface area contributed by atoms with Crippen LogP contribution >= 0.6 is 23.4 Å². The van der Waals surface area contributed by atoms with E-state index in [9.17, 15) is 4.39 Å². The minimum Gasteiger partial charge on any atom is -0.398 e. The lowest BCUT2D eigenvalue weighted by Gasteiger charge is -2.05. The summed E-state index contributed by atoms with van der Waals surface area (Å²) in [5, 5.41) is 0.612. The minimum atomic E-state index is -0.242. The van der Waals surface area contributed by atoms with E-state index in [0.29, 0.717) is 10.7 Å². The first-order chi connectivity index (χ1) is 7.65. The first-order valence-corrected chi connectivity index (χ1v) is 5.83.